The molecule has 0 radical (unpaired) electrons. The molecule has 3 heteroatoms. The summed E-state index contributed by atoms with van der Waals surface area (Å²) in [5.74, 6) is 1.44. The third kappa shape index (κ3) is 1.69. The summed E-state index contributed by atoms with van der Waals surface area (Å²) in [5, 5.41) is 3.55. The number of hydrogen-bond donors (Lipinski definition) is 0. The summed E-state index contributed by atoms with van der Waals surface area (Å²) in [6.45, 7) is 1.99. The Morgan fingerprint density at radius 1 is 1.31 bits per heavy atom. The van der Waals surface area contributed by atoms with Crippen LogP contribution in [0.15, 0.2) is 41.2 Å². The van der Waals surface area contributed by atoms with Gasteiger partial charge in [-0.15, -0.1) is 0 Å². The predicted molar refractivity (Wildman–Crippen MR) is 47.8 cm³/mol. The van der Waals surface area contributed by atoms with Gasteiger partial charge in [-0.05, 0) is 18.6 Å². The van der Waals surface area contributed by atoms with Gasteiger partial charge in [-0.2, -0.15) is 0 Å². The molecule has 0 unspecified atom stereocenters. The predicted octanol–water partition coefficient (Wildman–Crippen LogP) is 2.78. The van der Waals surface area contributed by atoms with Crippen LogP contribution in [0.25, 0.3) is 0 Å². The molecule has 1 aromatic carbocycles. The van der Waals surface area contributed by atoms with E-state index in [-0.39, 0.29) is 0 Å². The molecule has 0 amide bonds. The molecule has 0 saturated carbocycles. The van der Waals surface area contributed by atoms with Crippen molar-refractivity contribution < 1.29 is 9.26 Å². The van der Waals surface area contributed by atoms with Crippen molar-refractivity contribution in [3.8, 4) is 11.5 Å². The fourth-order valence-corrected chi connectivity index (χ4v) is 1.04. The number of aromatic nitrogens is 1. The van der Waals surface area contributed by atoms with Crippen LogP contribution in [-0.2, 0) is 0 Å². The number of aryl methyl sites for hydroxylation is 1. The van der Waals surface area contributed by atoms with E-state index >= 15 is 0 Å². The van der Waals surface area contributed by atoms with E-state index in [0.29, 0.717) is 5.75 Å². The Hall–Kier alpha value is -1.77. The van der Waals surface area contributed by atoms with Crippen LogP contribution in [-0.4, -0.2) is 5.16 Å². The molecular weight excluding hydrogens is 166 g/mol. The standard InChI is InChI=1S/C10H9NO2/c1-8-4-2-3-5-10(8)13-9-6-11-12-7-9/h2-7H,1H3. The van der Waals surface area contributed by atoms with Gasteiger partial charge in [-0.3, -0.25) is 0 Å². The Kier molecular flexibility index (Phi) is 2.00. The maximum atomic E-state index is 5.49. The first-order chi connectivity index (χ1) is 6.36. The normalized spacial score (nSPS) is 9.92. The average Bonchev–Trinajstić information content (AvgIpc) is 2.61. The fourth-order valence-electron chi connectivity index (χ4n) is 1.04. The summed E-state index contributed by atoms with van der Waals surface area (Å²) in [7, 11) is 0. The summed E-state index contributed by atoms with van der Waals surface area (Å²) < 4.78 is 10.1. The van der Waals surface area contributed by atoms with Crippen molar-refractivity contribution in [3.05, 3.63) is 42.3 Å². The van der Waals surface area contributed by atoms with Gasteiger partial charge in [-0.1, -0.05) is 23.4 Å². The highest BCUT2D eigenvalue weighted by Gasteiger charge is 2.00. The highest BCUT2D eigenvalue weighted by Crippen LogP contribution is 2.23. The minimum absolute atomic E-state index is 0.620. The number of para-hydroxylation sites is 1. The van der Waals surface area contributed by atoms with E-state index in [9.17, 15) is 0 Å². The van der Waals surface area contributed by atoms with E-state index in [4.69, 9.17) is 4.74 Å². The number of hydrogen-bond acceptors (Lipinski definition) is 3. The van der Waals surface area contributed by atoms with Gasteiger partial charge in [0.1, 0.15) is 11.9 Å². The Morgan fingerprint density at radius 3 is 2.85 bits per heavy atom. The monoisotopic (exact) mass is 175 g/mol. The zero-order chi connectivity index (χ0) is 9.10. The molecule has 2 rings (SSSR count). The summed E-state index contributed by atoms with van der Waals surface area (Å²) >= 11 is 0. The zero-order valence-corrected chi connectivity index (χ0v) is 7.23. The molecule has 1 heterocycles. The van der Waals surface area contributed by atoms with Gasteiger partial charge in [0, 0.05) is 0 Å². The molecule has 2 aromatic rings. The van der Waals surface area contributed by atoms with Crippen molar-refractivity contribution >= 4 is 0 Å². The first kappa shape index (κ1) is 7.86. The van der Waals surface area contributed by atoms with Crippen LogP contribution in [0.1, 0.15) is 5.56 Å². The molecule has 66 valence electrons. The summed E-state index contributed by atoms with van der Waals surface area (Å²) in [4.78, 5) is 0. The quantitative estimate of drug-likeness (QED) is 0.703. The maximum Gasteiger partial charge on any atom is 0.186 e. The highest BCUT2D eigenvalue weighted by atomic mass is 16.5. The molecule has 0 aliphatic heterocycles. The fraction of sp³-hybridized carbons (Fsp3) is 0.100. The maximum absolute atomic E-state index is 5.49. The Labute approximate surface area is 75.9 Å². The minimum Gasteiger partial charge on any atom is -0.452 e. The van der Waals surface area contributed by atoms with Crippen LogP contribution < -0.4 is 4.74 Å². The van der Waals surface area contributed by atoms with Crippen molar-refractivity contribution in [1.82, 2.24) is 5.16 Å². The summed E-state index contributed by atoms with van der Waals surface area (Å²) in [5.41, 5.74) is 1.09. The second kappa shape index (κ2) is 3.31. The van der Waals surface area contributed by atoms with Gasteiger partial charge in [-0.25, -0.2) is 0 Å². The van der Waals surface area contributed by atoms with Gasteiger partial charge in [0.25, 0.3) is 0 Å². The summed E-state index contributed by atoms with van der Waals surface area (Å²) in [6, 6.07) is 7.79. The van der Waals surface area contributed by atoms with E-state index in [1.165, 1.54) is 12.5 Å². The van der Waals surface area contributed by atoms with Crippen LogP contribution in [0, 0.1) is 6.92 Å². The Morgan fingerprint density at radius 2 is 2.15 bits per heavy atom. The first-order valence-electron chi connectivity index (χ1n) is 3.99. The number of nitrogens with zero attached hydrogens (tertiary/aromatic N) is 1. The SMILES string of the molecule is Cc1ccccc1Oc1cnoc1. The Bertz CT molecular complexity index is 382. The minimum atomic E-state index is 0.620. The number of benzene rings is 1. The van der Waals surface area contributed by atoms with Crippen molar-refractivity contribution in [2.45, 2.75) is 6.92 Å². The van der Waals surface area contributed by atoms with E-state index in [1.807, 2.05) is 31.2 Å². The van der Waals surface area contributed by atoms with Gasteiger partial charge in [0.05, 0.1) is 0 Å². The van der Waals surface area contributed by atoms with Crippen LogP contribution in [0.3, 0.4) is 0 Å². The van der Waals surface area contributed by atoms with Crippen LogP contribution in [0.5, 0.6) is 11.5 Å². The molecule has 0 bridgehead atoms. The first-order valence-corrected chi connectivity index (χ1v) is 3.99. The molecular formula is C10H9NO2. The molecule has 13 heavy (non-hydrogen) atoms. The molecule has 0 N–H and O–H groups in total. The Balaban J connectivity index is 2.24. The van der Waals surface area contributed by atoms with Crippen molar-refractivity contribution in [2.75, 3.05) is 0 Å². The van der Waals surface area contributed by atoms with Crippen LogP contribution >= 0.6 is 0 Å². The lowest BCUT2D eigenvalue weighted by molar-refractivity contribution is 0.409. The third-order valence-corrected chi connectivity index (χ3v) is 1.73. The van der Waals surface area contributed by atoms with Crippen LogP contribution in [0.4, 0.5) is 0 Å². The van der Waals surface area contributed by atoms with Crippen molar-refractivity contribution in [1.29, 1.82) is 0 Å². The lowest BCUT2D eigenvalue weighted by Gasteiger charge is -2.04. The van der Waals surface area contributed by atoms with E-state index in [2.05, 4.69) is 9.68 Å². The largest absolute Gasteiger partial charge is 0.452 e. The molecule has 0 atom stereocenters. The second-order valence-electron chi connectivity index (χ2n) is 2.73. The topological polar surface area (TPSA) is 35.3 Å². The van der Waals surface area contributed by atoms with Gasteiger partial charge >= 0.3 is 0 Å². The number of rotatable bonds is 2. The molecule has 0 aliphatic rings. The average molecular weight is 175 g/mol. The van der Waals surface area contributed by atoms with Crippen molar-refractivity contribution in [2.24, 2.45) is 0 Å². The molecule has 0 aliphatic carbocycles. The molecule has 0 saturated heterocycles. The molecule has 0 spiro atoms. The van der Waals surface area contributed by atoms with Gasteiger partial charge in [0.2, 0.25) is 0 Å². The van der Waals surface area contributed by atoms with Gasteiger partial charge in [0.15, 0.2) is 12.0 Å². The molecule has 0 fully saturated rings. The lowest BCUT2D eigenvalue weighted by atomic mass is 10.2. The van der Waals surface area contributed by atoms with Crippen LogP contribution in [0.2, 0.25) is 0 Å². The van der Waals surface area contributed by atoms with Gasteiger partial charge < -0.3 is 9.26 Å². The van der Waals surface area contributed by atoms with E-state index < -0.39 is 0 Å². The zero-order valence-electron chi connectivity index (χ0n) is 7.23. The lowest BCUT2D eigenvalue weighted by Crippen LogP contribution is -1.84. The number of ether oxygens (including phenoxy) is 1. The highest BCUT2D eigenvalue weighted by molar-refractivity contribution is 5.35. The summed E-state index contributed by atoms with van der Waals surface area (Å²) in [6.07, 6.45) is 3.00. The molecule has 1 aromatic heterocycles. The van der Waals surface area contributed by atoms with Crippen molar-refractivity contribution in [3.63, 3.8) is 0 Å². The smallest absolute Gasteiger partial charge is 0.186 e. The van der Waals surface area contributed by atoms with E-state index in [1.54, 1.807) is 0 Å². The third-order valence-electron chi connectivity index (χ3n) is 1.73. The van der Waals surface area contributed by atoms with E-state index in [0.717, 1.165) is 11.3 Å². The second-order valence-corrected chi connectivity index (χ2v) is 2.73. The molecule has 3 nitrogen and oxygen atoms in total.